The predicted octanol–water partition coefficient (Wildman–Crippen LogP) is 3.46. The molecule has 0 unspecified atom stereocenters. The van der Waals surface area contributed by atoms with Gasteiger partial charge in [0.15, 0.2) is 6.61 Å². The second kappa shape index (κ2) is 6.98. The number of anilines is 1. The molecule has 8 heteroatoms. The van der Waals surface area contributed by atoms with E-state index < -0.39 is 11.5 Å². The summed E-state index contributed by atoms with van der Waals surface area (Å²) in [5.41, 5.74) is -0.281. The van der Waals surface area contributed by atoms with Crippen molar-refractivity contribution in [2.24, 2.45) is 0 Å². The van der Waals surface area contributed by atoms with Crippen molar-refractivity contribution in [2.45, 2.75) is 0 Å². The highest BCUT2D eigenvalue weighted by Crippen LogP contribution is 2.27. The fourth-order valence-corrected chi connectivity index (χ4v) is 2.28. The second-order valence-corrected chi connectivity index (χ2v) is 5.73. The molecule has 2 N–H and O–H groups in total. The van der Waals surface area contributed by atoms with Crippen LogP contribution in [0, 0.1) is 0 Å². The van der Waals surface area contributed by atoms with Gasteiger partial charge in [0, 0.05) is 15.7 Å². The van der Waals surface area contributed by atoms with Gasteiger partial charge in [0.05, 0.1) is 5.02 Å². The smallest absolute Gasteiger partial charge is 0.271 e. The molecule has 0 aliphatic rings. The quantitative estimate of drug-likeness (QED) is 0.838. The maximum absolute atomic E-state index is 11.8. The Labute approximate surface area is 138 Å². The van der Waals surface area contributed by atoms with Crippen molar-refractivity contribution >= 4 is 50.7 Å². The molecule has 0 aliphatic carbocycles. The van der Waals surface area contributed by atoms with Crippen LogP contribution in [0.5, 0.6) is 5.75 Å². The van der Waals surface area contributed by atoms with E-state index in [1.54, 1.807) is 12.1 Å². The van der Waals surface area contributed by atoms with Gasteiger partial charge in [0.1, 0.15) is 11.4 Å². The first-order valence-corrected chi connectivity index (χ1v) is 7.26. The molecule has 21 heavy (non-hydrogen) atoms. The fourth-order valence-electron chi connectivity index (χ4n) is 1.47. The van der Waals surface area contributed by atoms with Crippen LogP contribution in [0.1, 0.15) is 0 Å². The molecule has 0 saturated carbocycles. The number of nitrogens with one attached hydrogen (secondary N) is 2. The van der Waals surface area contributed by atoms with Crippen molar-refractivity contribution in [3.05, 3.63) is 55.3 Å². The lowest BCUT2D eigenvalue weighted by Gasteiger charge is -2.08. The number of hydrogen-bond acceptors (Lipinski definition) is 3. The maximum Gasteiger partial charge on any atom is 0.271 e. The third kappa shape index (κ3) is 4.49. The van der Waals surface area contributed by atoms with E-state index in [4.69, 9.17) is 27.9 Å². The first-order valence-electron chi connectivity index (χ1n) is 5.71. The van der Waals surface area contributed by atoms with Gasteiger partial charge < -0.3 is 15.0 Å². The highest BCUT2D eigenvalue weighted by Gasteiger charge is 2.09. The second-order valence-electron chi connectivity index (χ2n) is 3.97. The Hall–Kier alpha value is -1.50. The lowest BCUT2D eigenvalue weighted by atomic mass is 10.3. The summed E-state index contributed by atoms with van der Waals surface area (Å²) in [6.45, 7) is -0.284. The monoisotopic (exact) mass is 390 g/mol. The van der Waals surface area contributed by atoms with Gasteiger partial charge in [-0.25, -0.2) is 0 Å². The zero-order valence-electron chi connectivity index (χ0n) is 10.5. The van der Waals surface area contributed by atoms with Gasteiger partial charge in [-0.3, -0.25) is 9.59 Å². The van der Waals surface area contributed by atoms with Crippen molar-refractivity contribution < 1.29 is 9.53 Å². The summed E-state index contributed by atoms with van der Waals surface area (Å²) in [6, 6.07) is 6.16. The number of amides is 1. The van der Waals surface area contributed by atoms with E-state index >= 15 is 0 Å². The van der Waals surface area contributed by atoms with Crippen molar-refractivity contribution in [1.82, 2.24) is 4.98 Å². The third-order valence-electron chi connectivity index (χ3n) is 2.39. The predicted molar refractivity (Wildman–Crippen MR) is 85.3 cm³/mol. The van der Waals surface area contributed by atoms with Gasteiger partial charge >= 0.3 is 0 Å². The average Bonchev–Trinajstić information content (AvgIpc) is 2.42. The van der Waals surface area contributed by atoms with Crippen LogP contribution >= 0.6 is 39.1 Å². The number of pyridine rings is 1. The highest BCUT2D eigenvalue weighted by atomic mass is 79.9. The summed E-state index contributed by atoms with van der Waals surface area (Å²) in [6.07, 6.45) is 1.47. The van der Waals surface area contributed by atoms with Crippen LogP contribution in [-0.2, 0) is 4.79 Å². The average molecular weight is 392 g/mol. The fraction of sp³-hybridized carbons (Fsp3) is 0.0769. The lowest BCUT2D eigenvalue weighted by molar-refractivity contribution is -0.118. The molecule has 5 nitrogen and oxygen atoms in total. The summed E-state index contributed by atoms with van der Waals surface area (Å²) >= 11 is 14.9. The van der Waals surface area contributed by atoms with Gasteiger partial charge in [-0.1, -0.05) is 23.2 Å². The number of ether oxygens (including phenoxy) is 1. The Morgan fingerprint density at radius 3 is 2.81 bits per heavy atom. The molecule has 2 rings (SSSR count). The van der Waals surface area contributed by atoms with E-state index in [-0.39, 0.29) is 12.3 Å². The Bertz CT molecular complexity index is 734. The van der Waals surface area contributed by atoms with E-state index in [1.165, 1.54) is 18.3 Å². The highest BCUT2D eigenvalue weighted by molar-refractivity contribution is 9.10. The summed E-state index contributed by atoms with van der Waals surface area (Å²) in [5.74, 6) is -0.149. The molecule has 1 amide bonds. The molecule has 0 radical (unpaired) electrons. The number of benzene rings is 1. The molecule has 0 atom stereocenters. The third-order valence-corrected chi connectivity index (χ3v) is 3.38. The zero-order chi connectivity index (χ0) is 15.4. The SMILES string of the molecule is O=C(COc1ccc(Cl)cc1Cl)Nc1cc(Br)c[nH]c1=O. The van der Waals surface area contributed by atoms with Crippen molar-refractivity contribution in [3.8, 4) is 5.75 Å². The number of rotatable bonds is 4. The van der Waals surface area contributed by atoms with Crippen LogP contribution in [0.2, 0.25) is 10.0 Å². The molecule has 1 heterocycles. The minimum absolute atomic E-state index is 0.125. The Morgan fingerprint density at radius 1 is 1.33 bits per heavy atom. The number of carbonyl (C=O) groups excluding carboxylic acids is 1. The molecular formula is C13H9BrCl2N2O3. The minimum atomic E-state index is -0.482. The molecular weight excluding hydrogens is 383 g/mol. The van der Waals surface area contributed by atoms with Crippen LogP contribution < -0.4 is 15.6 Å². The van der Waals surface area contributed by atoms with Crippen LogP contribution in [0.15, 0.2) is 39.7 Å². The summed E-state index contributed by atoms with van der Waals surface area (Å²) in [4.78, 5) is 25.7. The number of hydrogen-bond donors (Lipinski definition) is 2. The van der Waals surface area contributed by atoms with E-state index in [9.17, 15) is 9.59 Å². The number of H-pyrrole nitrogens is 1. The molecule has 1 aromatic heterocycles. The van der Waals surface area contributed by atoms with Crippen molar-refractivity contribution in [3.63, 3.8) is 0 Å². The maximum atomic E-state index is 11.8. The van der Waals surface area contributed by atoms with Crippen LogP contribution in [0.25, 0.3) is 0 Å². The molecule has 1 aromatic carbocycles. The van der Waals surface area contributed by atoms with E-state index in [0.717, 1.165) is 0 Å². The Kier molecular flexibility index (Phi) is 5.27. The molecule has 2 aromatic rings. The minimum Gasteiger partial charge on any atom is -0.482 e. The van der Waals surface area contributed by atoms with Crippen molar-refractivity contribution in [1.29, 1.82) is 0 Å². The molecule has 0 bridgehead atoms. The van der Waals surface area contributed by atoms with Crippen LogP contribution in [-0.4, -0.2) is 17.5 Å². The number of aromatic amines is 1. The molecule has 110 valence electrons. The first kappa shape index (κ1) is 15.9. The molecule has 0 saturated heterocycles. The standard InChI is InChI=1S/C13H9BrCl2N2O3/c14-7-3-10(13(20)17-5-7)18-12(19)6-21-11-2-1-8(15)4-9(11)16/h1-5H,6H2,(H,17,20)(H,18,19). The lowest BCUT2D eigenvalue weighted by Crippen LogP contribution is -2.24. The van der Waals surface area contributed by atoms with Crippen LogP contribution in [0.4, 0.5) is 5.69 Å². The van der Waals surface area contributed by atoms with Gasteiger partial charge in [-0.15, -0.1) is 0 Å². The Balaban J connectivity index is 1.99. The largest absolute Gasteiger partial charge is 0.482 e. The summed E-state index contributed by atoms with van der Waals surface area (Å²) < 4.78 is 5.91. The number of aromatic nitrogens is 1. The zero-order valence-corrected chi connectivity index (χ0v) is 13.6. The topological polar surface area (TPSA) is 71.2 Å². The number of halogens is 3. The van der Waals surface area contributed by atoms with Crippen molar-refractivity contribution in [2.75, 3.05) is 11.9 Å². The van der Waals surface area contributed by atoms with Gasteiger partial charge in [0.25, 0.3) is 11.5 Å². The van der Waals surface area contributed by atoms with Gasteiger partial charge in [0.2, 0.25) is 0 Å². The normalized spacial score (nSPS) is 10.2. The Morgan fingerprint density at radius 2 is 2.10 bits per heavy atom. The summed E-state index contributed by atoms with van der Waals surface area (Å²) in [7, 11) is 0. The van der Waals surface area contributed by atoms with Gasteiger partial charge in [-0.2, -0.15) is 0 Å². The molecule has 0 aliphatic heterocycles. The summed E-state index contributed by atoms with van der Waals surface area (Å²) in [5, 5.41) is 3.22. The first-order chi connectivity index (χ1) is 9.95. The number of carbonyl (C=O) groups is 1. The molecule has 0 fully saturated rings. The van der Waals surface area contributed by atoms with Crippen LogP contribution in [0.3, 0.4) is 0 Å². The van der Waals surface area contributed by atoms with E-state index in [0.29, 0.717) is 20.3 Å². The molecule has 0 spiro atoms. The van der Waals surface area contributed by atoms with Gasteiger partial charge in [-0.05, 0) is 40.2 Å². The van der Waals surface area contributed by atoms with E-state index in [1.807, 2.05) is 0 Å². The van der Waals surface area contributed by atoms with E-state index in [2.05, 4.69) is 26.2 Å².